The zero-order valence-corrected chi connectivity index (χ0v) is 14.1. The van der Waals surface area contributed by atoms with E-state index in [-0.39, 0.29) is 11.8 Å². The Kier molecular flexibility index (Phi) is 4.71. The Hall–Kier alpha value is -1.36. The minimum absolute atomic E-state index is 0.0237. The number of likely N-dealkylation sites (tertiary alicyclic amines) is 1. The molecule has 2 rings (SSSR count). The molecule has 0 spiro atoms. The highest BCUT2D eigenvalue weighted by molar-refractivity contribution is 9.10. The van der Waals surface area contributed by atoms with Crippen LogP contribution in [0.4, 0.5) is 0 Å². The van der Waals surface area contributed by atoms with Crippen LogP contribution in [-0.4, -0.2) is 29.8 Å². The van der Waals surface area contributed by atoms with Crippen molar-refractivity contribution in [2.75, 3.05) is 13.1 Å². The van der Waals surface area contributed by atoms with Gasteiger partial charge in [0.05, 0.1) is 5.41 Å². The number of piperidine rings is 1. The van der Waals surface area contributed by atoms with Gasteiger partial charge in [-0.3, -0.25) is 9.59 Å². The van der Waals surface area contributed by atoms with E-state index in [4.69, 9.17) is 5.73 Å². The summed E-state index contributed by atoms with van der Waals surface area (Å²) in [5.41, 5.74) is 6.69. The molecule has 0 bridgehead atoms. The average Bonchev–Trinajstić information content (AvgIpc) is 2.49. The fraction of sp³-hybridized carbons (Fsp3) is 0.500. The van der Waals surface area contributed by atoms with Crippen LogP contribution in [0.3, 0.4) is 0 Å². The molecular weight excluding hydrogens is 332 g/mol. The number of nitrogens with two attached hydrogens (primary N) is 1. The van der Waals surface area contributed by atoms with Crippen LogP contribution in [0.25, 0.3) is 0 Å². The summed E-state index contributed by atoms with van der Waals surface area (Å²) in [5.74, 6) is -0.320. The zero-order valence-electron chi connectivity index (χ0n) is 12.5. The van der Waals surface area contributed by atoms with Crippen LogP contribution >= 0.6 is 15.9 Å². The second kappa shape index (κ2) is 6.18. The summed E-state index contributed by atoms with van der Waals surface area (Å²) in [5, 5.41) is 0. The molecule has 1 heterocycles. The van der Waals surface area contributed by atoms with Crippen molar-refractivity contribution in [2.24, 2.45) is 11.1 Å². The lowest BCUT2D eigenvalue weighted by atomic mass is 9.77. The molecule has 1 aliphatic rings. The number of primary amides is 1. The molecule has 1 saturated heterocycles. The van der Waals surface area contributed by atoms with Crippen molar-refractivity contribution in [1.29, 1.82) is 0 Å². The normalized spacial score (nSPS) is 22.1. The number of hydrogen-bond acceptors (Lipinski definition) is 2. The minimum Gasteiger partial charge on any atom is -0.369 e. The van der Waals surface area contributed by atoms with Gasteiger partial charge in [-0.2, -0.15) is 0 Å². The van der Waals surface area contributed by atoms with E-state index in [0.717, 1.165) is 22.9 Å². The molecular formula is C16H21BrN2O2. The molecule has 1 aromatic carbocycles. The van der Waals surface area contributed by atoms with Gasteiger partial charge in [-0.1, -0.05) is 22.9 Å². The fourth-order valence-electron chi connectivity index (χ4n) is 2.93. The quantitative estimate of drug-likeness (QED) is 0.908. The van der Waals surface area contributed by atoms with Gasteiger partial charge in [0.2, 0.25) is 5.91 Å². The van der Waals surface area contributed by atoms with E-state index < -0.39 is 5.41 Å². The molecule has 1 unspecified atom stereocenters. The van der Waals surface area contributed by atoms with Crippen LogP contribution in [0.15, 0.2) is 22.7 Å². The fourth-order valence-corrected chi connectivity index (χ4v) is 3.18. The van der Waals surface area contributed by atoms with Gasteiger partial charge >= 0.3 is 0 Å². The first-order valence-corrected chi connectivity index (χ1v) is 8.04. The Bertz CT molecular complexity index is 573. The molecule has 0 aliphatic carbocycles. The van der Waals surface area contributed by atoms with Crippen molar-refractivity contribution in [1.82, 2.24) is 4.90 Å². The number of nitrogens with zero attached hydrogens (tertiary/aromatic N) is 1. The minimum atomic E-state index is -0.571. The predicted octanol–water partition coefficient (Wildman–Crippen LogP) is 2.88. The van der Waals surface area contributed by atoms with Crippen molar-refractivity contribution in [2.45, 2.75) is 33.1 Å². The van der Waals surface area contributed by atoms with E-state index in [0.29, 0.717) is 25.1 Å². The van der Waals surface area contributed by atoms with Crippen molar-refractivity contribution in [3.63, 3.8) is 0 Å². The molecule has 2 N–H and O–H groups in total. The second-order valence-electron chi connectivity index (χ2n) is 5.79. The molecule has 1 atom stereocenters. The summed E-state index contributed by atoms with van der Waals surface area (Å²) in [6.07, 6.45) is 2.26. The number of benzene rings is 1. The molecule has 1 fully saturated rings. The van der Waals surface area contributed by atoms with Gasteiger partial charge in [0.25, 0.3) is 5.91 Å². The second-order valence-corrected chi connectivity index (χ2v) is 6.65. The van der Waals surface area contributed by atoms with E-state index in [9.17, 15) is 9.59 Å². The first kappa shape index (κ1) is 16.0. The van der Waals surface area contributed by atoms with E-state index in [1.807, 2.05) is 32.0 Å². The number of aryl methyl sites for hydroxylation is 1. The summed E-state index contributed by atoms with van der Waals surface area (Å²) in [4.78, 5) is 26.2. The van der Waals surface area contributed by atoms with Crippen molar-refractivity contribution in [3.8, 4) is 0 Å². The highest BCUT2D eigenvalue weighted by atomic mass is 79.9. The van der Waals surface area contributed by atoms with Crippen LogP contribution in [0.1, 0.15) is 42.1 Å². The Balaban J connectivity index is 2.22. The number of carbonyl (C=O) groups excluding carboxylic acids is 2. The SMILES string of the molecule is CCC1(C(N)=O)CCCN(C(=O)c2ccc(Br)c(C)c2)C1. The van der Waals surface area contributed by atoms with Gasteiger partial charge in [0, 0.05) is 23.1 Å². The number of amides is 2. The van der Waals surface area contributed by atoms with Crippen molar-refractivity contribution < 1.29 is 9.59 Å². The summed E-state index contributed by atoms with van der Waals surface area (Å²) < 4.78 is 0.984. The van der Waals surface area contributed by atoms with Gasteiger partial charge < -0.3 is 10.6 Å². The Labute approximate surface area is 133 Å². The summed E-state index contributed by atoms with van der Waals surface area (Å²) in [6.45, 7) is 5.02. The molecule has 1 aliphatic heterocycles. The third-order valence-corrected chi connectivity index (χ3v) is 5.36. The Morgan fingerprint density at radius 1 is 1.43 bits per heavy atom. The summed E-state index contributed by atoms with van der Waals surface area (Å²) >= 11 is 3.44. The third-order valence-electron chi connectivity index (χ3n) is 4.47. The van der Waals surface area contributed by atoms with Crippen LogP contribution in [0.5, 0.6) is 0 Å². The molecule has 2 amide bonds. The lowest BCUT2D eigenvalue weighted by Gasteiger charge is -2.40. The third kappa shape index (κ3) is 3.12. The highest BCUT2D eigenvalue weighted by Crippen LogP contribution is 2.33. The monoisotopic (exact) mass is 352 g/mol. The predicted molar refractivity (Wildman–Crippen MR) is 85.9 cm³/mol. The van der Waals surface area contributed by atoms with Crippen molar-refractivity contribution >= 4 is 27.7 Å². The lowest BCUT2D eigenvalue weighted by molar-refractivity contribution is -0.130. The Morgan fingerprint density at radius 2 is 2.14 bits per heavy atom. The first-order chi connectivity index (χ1) is 9.89. The molecule has 1 aromatic rings. The maximum absolute atomic E-state index is 12.6. The maximum atomic E-state index is 12.6. The number of halogens is 1. The summed E-state index contributed by atoms with van der Waals surface area (Å²) in [7, 11) is 0. The van der Waals surface area contributed by atoms with E-state index >= 15 is 0 Å². The molecule has 0 radical (unpaired) electrons. The van der Waals surface area contributed by atoms with Crippen LogP contribution in [0, 0.1) is 12.3 Å². The molecule has 21 heavy (non-hydrogen) atoms. The lowest BCUT2D eigenvalue weighted by Crippen LogP contribution is -2.51. The highest BCUT2D eigenvalue weighted by Gasteiger charge is 2.40. The topological polar surface area (TPSA) is 63.4 Å². The summed E-state index contributed by atoms with van der Waals surface area (Å²) in [6, 6.07) is 5.57. The van der Waals surface area contributed by atoms with Crippen LogP contribution in [-0.2, 0) is 4.79 Å². The van der Waals surface area contributed by atoms with E-state index in [1.165, 1.54) is 0 Å². The molecule has 0 saturated carbocycles. The molecule has 5 heteroatoms. The van der Waals surface area contributed by atoms with Crippen molar-refractivity contribution in [3.05, 3.63) is 33.8 Å². The number of carbonyl (C=O) groups is 2. The first-order valence-electron chi connectivity index (χ1n) is 7.25. The molecule has 0 aromatic heterocycles. The van der Waals surface area contributed by atoms with E-state index in [2.05, 4.69) is 15.9 Å². The standard InChI is InChI=1S/C16H21BrN2O2/c1-3-16(15(18)21)7-4-8-19(10-16)14(20)12-5-6-13(17)11(2)9-12/h5-6,9H,3-4,7-8,10H2,1-2H3,(H2,18,21). The van der Waals surface area contributed by atoms with Gasteiger partial charge in [-0.05, 0) is 49.9 Å². The smallest absolute Gasteiger partial charge is 0.253 e. The maximum Gasteiger partial charge on any atom is 0.253 e. The van der Waals surface area contributed by atoms with Gasteiger partial charge in [0.15, 0.2) is 0 Å². The number of hydrogen-bond donors (Lipinski definition) is 1. The van der Waals surface area contributed by atoms with Gasteiger partial charge in [0.1, 0.15) is 0 Å². The number of rotatable bonds is 3. The zero-order chi connectivity index (χ0) is 15.6. The van der Waals surface area contributed by atoms with Crippen LogP contribution < -0.4 is 5.73 Å². The average molecular weight is 353 g/mol. The molecule has 4 nitrogen and oxygen atoms in total. The van der Waals surface area contributed by atoms with E-state index in [1.54, 1.807) is 4.90 Å². The molecule has 114 valence electrons. The van der Waals surface area contributed by atoms with Gasteiger partial charge in [-0.25, -0.2) is 0 Å². The van der Waals surface area contributed by atoms with Gasteiger partial charge in [-0.15, -0.1) is 0 Å². The largest absolute Gasteiger partial charge is 0.369 e. The van der Waals surface area contributed by atoms with Crippen LogP contribution in [0.2, 0.25) is 0 Å². The Morgan fingerprint density at radius 3 is 2.71 bits per heavy atom.